The third-order valence-electron chi connectivity index (χ3n) is 3.29. The summed E-state index contributed by atoms with van der Waals surface area (Å²) in [6, 6.07) is 10.6. The SMILES string of the molecule is c1ccc(CN2CCOC(c3cn[nH]c3)C2)cc1. The maximum Gasteiger partial charge on any atom is 0.0982 e. The standard InChI is InChI=1S/C14H17N3O/c1-2-4-12(5-3-1)10-17-6-7-18-14(11-17)13-8-15-16-9-13/h1-5,8-9,14H,6-7,10-11H2,(H,15,16). The lowest BCUT2D eigenvalue weighted by Gasteiger charge is -2.32. The first-order valence-electron chi connectivity index (χ1n) is 6.28. The van der Waals surface area contributed by atoms with E-state index in [-0.39, 0.29) is 6.10 Å². The largest absolute Gasteiger partial charge is 0.371 e. The molecule has 1 aromatic carbocycles. The van der Waals surface area contributed by atoms with Crippen LogP contribution >= 0.6 is 0 Å². The van der Waals surface area contributed by atoms with Gasteiger partial charge in [0.15, 0.2) is 0 Å². The van der Waals surface area contributed by atoms with Crippen LogP contribution in [-0.4, -0.2) is 34.8 Å². The summed E-state index contributed by atoms with van der Waals surface area (Å²) in [5.74, 6) is 0. The molecule has 4 nitrogen and oxygen atoms in total. The summed E-state index contributed by atoms with van der Waals surface area (Å²) in [6.07, 6.45) is 3.90. The van der Waals surface area contributed by atoms with Crippen LogP contribution in [0, 0.1) is 0 Å². The molecule has 1 saturated heterocycles. The van der Waals surface area contributed by atoms with Crippen molar-refractivity contribution in [1.29, 1.82) is 0 Å². The highest BCUT2D eigenvalue weighted by atomic mass is 16.5. The van der Waals surface area contributed by atoms with Crippen LogP contribution in [0.3, 0.4) is 0 Å². The molecule has 0 spiro atoms. The Morgan fingerprint density at radius 3 is 3.00 bits per heavy atom. The van der Waals surface area contributed by atoms with Crippen LogP contribution in [0.5, 0.6) is 0 Å². The van der Waals surface area contributed by atoms with Gasteiger partial charge in [-0.3, -0.25) is 10.00 Å². The van der Waals surface area contributed by atoms with E-state index in [0.717, 1.165) is 31.8 Å². The predicted molar refractivity (Wildman–Crippen MR) is 69.0 cm³/mol. The smallest absolute Gasteiger partial charge is 0.0982 e. The van der Waals surface area contributed by atoms with Crippen molar-refractivity contribution in [2.75, 3.05) is 19.7 Å². The topological polar surface area (TPSA) is 41.1 Å². The molecule has 3 rings (SSSR count). The quantitative estimate of drug-likeness (QED) is 0.896. The lowest BCUT2D eigenvalue weighted by atomic mass is 10.1. The van der Waals surface area contributed by atoms with E-state index in [1.807, 2.05) is 12.4 Å². The average Bonchev–Trinajstić information content (AvgIpc) is 2.94. The third kappa shape index (κ3) is 2.60. The van der Waals surface area contributed by atoms with Crippen LogP contribution in [0.2, 0.25) is 0 Å². The van der Waals surface area contributed by atoms with Gasteiger partial charge in [0.2, 0.25) is 0 Å². The Balaban J connectivity index is 1.64. The summed E-state index contributed by atoms with van der Waals surface area (Å²) in [5, 5.41) is 6.83. The van der Waals surface area contributed by atoms with Crippen LogP contribution in [0.4, 0.5) is 0 Å². The summed E-state index contributed by atoms with van der Waals surface area (Å²) < 4.78 is 5.79. The Bertz CT molecular complexity index is 469. The fourth-order valence-corrected chi connectivity index (χ4v) is 2.33. The molecule has 1 aliphatic heterocycles. The number of nitrogens with one attached hydrogen (secondary N) is 1. The zero-order valence-corrected chi connectivity index (χ0v) is 10.2. The van der Waals surface area contributed by atoms with Crippen molar-refractivity contribution >= 4 is 0 Å². The average molecular weight is 243 g/mol. The first kappa shape index (κ1) is 11.4. The molecule has 1 N–H and O–H groups in total. The summed E-state index contributed by atoms with van der Waals surface area (Å²) >= 11 is 0. The molecule has 2 aromatic rings. The number of rotatable bonds is 3. The maximum absolute atomic E-state index is 5.79. The van der Waals surface area contributed by atoms with Crippen LogP contribution in [0.15, 0.2) is 42.7 Å². The Labute approximate surface area is 107 Å². The molecule has 0 aliphatic carbocycles. The van der Waals surface area contributed by atoms with Crippen molar-refractivity contribution in [2.24, 2.45) is 0 Å². The fourth-order valence-electron chi connectivity index (χ4n) is 2.33. The van der Waals surface area contributed by atoms with Gasteiger partial charge in [-0.05, 0) is 5.56 Å². The van der Waals surface area contributed by atoms with E-state index in [1.54, 1.807) is 0 Å². The number of morpholine rings is 1. The first-order chi connectivity index (χ1) is 8.92. The van der Waals surface area contributed by atoms with Crippen molar-refractivity contribution in [2.45, 2.75) is 12.6 Å². The highest BCUT2D eigenvalue weighted by Crippen LogP contribution is 2.22. The molecular formula is C14H17N3O. The van der Waals surface area contributed by atoms with Gasteiger partial charge in [-0.2, -0.15) is 5.10 Å². The van der Waals surface area contributed by atoms with E-state index in [1.165, 1.54) is 5.56 Å². The van der Waals surface area contributed by atoms with Crippen molar-refractivity contribution in [3.05, 3.63) is 53.9 Å². The molecule has 1 fully saturated rings. The lowest BCUT2D eigenvalue weighted by molar-refractivity contribution is -0.0329. The van der Waals surface area contributed by atoms with Crippen LogP contribution < -0.4 is 0 Å². The number of benzene rings is 1. The zero-order chi connectivity index (χ0) is 12.2. The van der Waals surface area contributed by atoms with Crippen LogP contribution in [-0.2, 0) is 11.3 Å². The van der Waals surface area contributed by atoms with E-state index in [4.69, 9.17) is 4.74 Å². The fraction of sp³-hybridized carbons (Fsp3) is 0.357. The molecule has 2 heterocycles. The first-order valence-corrected chi connectivity index (χ1v) is 6.28. The van der Waals surface area contributed by atoms with Gasteiger partial charge < -0.3 is 4.74 Å². The van der Waals surface area contributed by atoms with E-state index in [0.29, 0.717) is 0 Å². The van der Waals surface area contributed by atoms with Crippen molar-refractivity contribution in [3.63, 3.8) is 0 Å². The number of hydrogen-bond acceptors (Lipinski definition) is 3. The molecule has 0 saturated carbocycles. The third-order valence-corrected chi connectivity index (χ3v) is 3.29. The highest BCUT2D eigenvalue weighted by Gasteiger charge is 2.22. The lowest BCUT2D eigenvalue weighted by Crippen LogP contribution is -2.37. The normalized spacial score (nSPS) is 21.0. The molecule has 1 aromatic heterocycles. The number of aromatic amines is 1. The molecule has 0 radical (unpaired) electrons. The molecule has 1 aliphatic rings. The Morgan fingerprint density at radius 1 is 1.33 bits per heavy atom. The van der Waals surface area contributed by atoms with Crippen molar-refractivity contribution in [3.8, 4) is 0 Å². The van der Waals surface area contributed by atoms with E-state index >= 15 is 0 Å². The minimum Gasteiger partial charge on any atom is -0.371 e. The number of nitrogens with zero attached hydrogens (tertiary/aromatic N) is 2. The molecule has 0 amide bonds. The minimum atomic E-state index is 0.140. The molecule has 1 unspecified atom stereocenters. The van der Waals surface area contributed by atoms with E-state index in [2.05, 4.69) is 45.4 Å². The number of hydrogen-bond donors (Lipinski definition) is 1. The summed E-state index contributed by atoms with van der Waals surface area (Å²) in [5.41, 5.74) is 2.48. The van der Waals surface area contributed by atoms with E-state index in [9.17, 15) is 0 Å². The molecular weight excluding hydrogens is 226 g/mol. The van der Waals surface area contributed by atoms with E-state index < -0.39 is 0 Å². The van der Waals surface area contributed by atoms with Crippen molar-refractivity contribution < 1.29 is 4.74 Å². The summed E-state index contributed by atoms with van der Waals surface area (Å²) in [7, 11) is 0. The van der Waals surface area contributed by atoms with Gasteiger partial charge in [-0.15, -0.1) is 0 Å². The number of aromatic nitrogens is 2. The van der Waals surface area contributed by atoms with Gasteiger partial charge in [-0.1, -0.05) is 30.3 Å². The van der Waals surface area contributed by atoms with Gasteiger partial charge in [0, 0.05) is 31.4 Å². The molecule has 0 bridgehead atoms. The monoisotopic (exact) mass is 243 g/mol. The second-order valence-electron chi connectivity index (χ2n) is 4.61. The van der Waals surface area contributed by atoms with Gasteiger partial charge in [0.1, 0.15) is 0 Å². The Kier molecular flexibility index (Phi) is 3.39. The second kappa shape index (κ2) is 5.33. The highest BCUT2D eigenvalue weighted by molar-refractivity contribution is 5.15. The maximum atomic E-state index is 5.79. The summed E-state index contributed by atoms with van der Waals surface area (Å²) in [4.78, 5) is 2.43. The minimum absolute atomic E-state index is 0.140. The Morgan fingerprint density at radius 2 is 2.22 bits per heavy atom. The Hall–Kier alpha value is -1.65. The van der Waals surface area contributed by atoms with Crippen LogP contribution in [0.25, 0.3) is 0 Å². The van der Waals surface area contributed by atoms with Crippen molar-refractivity contribution in [1.82, 2.24) is 15.1 Å². The number of ether oxygens (including phenoxy) is 1. The van der Waals surface area contributed by atoms with Gasteiger partial charge in [0.25, 0.3) is 0 Å². The van der Waals surface area contributed by atoms with Gasteiger partial charge in [0.05, 0.1) is 18.9 Å². The molecule has 1 atom stereocenters. The van der Waals surface area contributed by atoms with Gasteiger partial charge in [-0.25, -0.2) is 0 Å². The second-order valence-corrected chi connectivity index (χ2v) is 4.61. The molecule has 94 valence electrons. The number of H-pyrrole nitrogens is 1. The van der Waals surface area contributed by atoms with Crippen LogP contribution in [0.1, 0.15) is 17.2 Å². The van der Waals surface area contributed by atoms with Gasteiger partial charge >= 0.3 is 0 Å². The molecule has 4 heteroatoms. The molecule has 18 heavy (non-hydrogen) atoms. The predicted octanol–water partition coefficient (Wildman–Crippen LogP) is 1.98. The zero-order valence-electron chi connectivity index (χ0n) is 10.2. The summed E-state index contributed by atoms with van der Waals surface area (Å²) in [6.45, 7) is 3.68.